The molecule has 3 rings (SSSR count). The fraction of sp³-hybridized carbons (Fsp3) is 0.130. The second-order valence-electron chi connectivity index (χ2n) is 7.06. The predicted molar refractivity (Wildman–Crippen MR) is 122 cm³/mol. The van der Waals surface area contributed by atoms with Crippen LogP contribution in [0.5, 0.6) is 0 Å². The highest BCUT2D eigenvalue weighted by Gasteiger charge is 2.27. The molecule has 166 valence electrons. The highest BCUT2D eigenvalue weighted by molar-refractivity contribution is 7.89. The lowest BCUT2D eigenvalue weighted by Crippen LogP contribution is -2.39. The molecule has 3 aromatic rings. The summed E-state index contributed by atoms with van der Waals surface area (Å²) in [6.45, 7) is 1.46. The van der Waals surface area contributed by atoms with Crippen LogP contribution >= 0.6 is 11.6 Å². The van der Waals surface area contributed by atoms with Gasteiger partial charge < -0.3 is 0 Å². The number of rotatable bonds is 8. The zero-order valence-corrected chi connectivity index (χ0v) is 18.8. The molecule has 3 aromatic carbocycles. The van der Waals surface area contributed by atoms with Crippen LogP contribution in [0.2, 0.25) is 5.02 Å². The molecule has 1 amide bonds. The van der Waals surface area contributed by atoms with Gasteiger partial charge in [-0.1, -0.05) is 53.6 Å². The van der Waals surface area contributed by atoms with Crippen molar-refractivity contribution >= 4 is 33.7 Å². The Hall–Kier alpha value is -3.07. The molecule has 0 aliphatic heterocycles. The Bertz CT molecular complexity index is 1210. The SMILES string of the molecule is Cc1cccc(CN(CC(=O)N/N=C\c2ccc(F)cc2)S(=O)(=O)c2ccc(Cl)cc2)c1. The van der Waals surface area contributed by atoms with E-state index < -0.39 is 22.5 Å². The average molecular weight is 474 g/mol. The maximum Gasteiger partial charge on any atom is 0.255 e. The monoisotopic (exact) mass is 473 g/mol. The van der Waals surface area contributed by atoms with Crippen molar-refractivity contribution in [1.29, 1.82) is 0 Å². The smallest absolute Gasteiger partial charge is 0.255 e. The highest BCUT2D eigenvalue weighted by atomic mass is 35.5. The number of aryl methyl sites for hydroxylation is 1. The number of carbonyl (C=O) groups is 1. The summed E-state index contributed by atoms with van der Waals surface area (Å²) in [5.74, 6) is -1.00. The van der Waals surface area contributed by atoms with Crippen LogP contribution in [-0.2, 0) is 21.4 Å². The zero-order chi connectivity index (χ0) is 23.1. The van der Waals surface area contributed by atoms with Crippen LogP contribution in [-0.4, -0.2) is 31.4 Å². The van der Waals surface area contributed by atoms with Crippen molar-refractivity contribution in [3.05, 3.63) is 100 Å². The molecule has 1 N–H and O–H groups in total. The molecule has 0 atom stereocenters. The molecule has 0 bridgehead atoms. The largest absolute Gasteiger partial charge is 0.272 e. The quantitative estimate of drug-likeness (QED) is 0.394. The molecule has 0 aliphatic carbocycles. The summed E-state index contributed by atoms with van der Waals surface area (Å²) >= 11 is 5.88. The number of hydrazone groups is 1. The number of hydrogen-bond acceptors (Lipinski definition) is 4. The van der Waals surface area contributed by atoms with Crippen LogP contribution in [0.3, 0.4) is 0 Å². The first kappa shape index (κ1) is 23.6. The van der Waals surface area contributed by atoms with Gasteiger partial charge in [-0.3, -0.25) is 4.79 Å². The summed E-state index contributed by atoms with van der Waals surface area (Å²) in [7, 11) is -3.99. The van der Waals surface area contributed by atoms with Gasteiger partial charge in [0.15, 0.2) is 0 Å². The Balaban J connectivity index is 1.79. The molecule has 32 heavy (non-hydrogen) atoms. The number of sulfonamides is 1. The fourth-order valence-electron chi connectivity index (χ4n) is 2.92. The van der Waals surface area contributed by atoms with Crippen molar-refractivity contribution in [3.8, 4) is 0 Å². The Kier molecular flexibility index (Phi) is 7.74. The van der Waals surface area contributed by atoms with Crippen molar-refractivity contribution in [2.45, 2.75) is 18.4 Å². The molecule has 0 unspecified atom stereocenters. The van der Waals surface area contributed by atoms with Gasteiger partial charge >= 0.3 is 0 Å². The lowest BCUT2D eigenvalue weighted by molar-refractivity contribution is -0.121. The van der Waals surface area contributed by atoms with Crippen LogP contribution < -0.4 is 5.43 Å². The van der Waals surface area contributed by atoms with Gasteiger partial charge in [-0.15, -0.1) is 0 Å². The van der Waals surface area contributed by atoms with Gasteiger partial charge in [-0.05, 0) is 54.4 Å². The molecule has 0 aliphatic rings. The summed E-state index contributed by atoms with van der Waals surface area (Å²) in [5, 5.41) is 4.23. The van der Waals surface area contributed by atoms with Crippen molar-refractivity contribution < 1.29 is 17.6 Å². The van der Waals surface area contributed by atoms with Crippen LogP contribution in [0.4, 0.5) is 4.39 Å². The van der Waals surface area contributed by atoms with E-state index in [0.29, 0.717) is 10.6 Å². The van der Waals surface area contributed by atoms with E-state index in [4.69, 9.17) is 11.6 Å². The Morgan fingerprint density at radius 3 is 2.44 bits per heavy atom. The van der Waals surface area contributed by atoms with Gasteiger partial charge in [0.2, 0.25) is 10.0 Å². The van der Waals surface area contributed by atoms with E-state index >= 15 is 0 Å². The minimum Gasteiger partial charge on any atom is -0.272 e. The number of benzene rings is 3. The minimum absolute atomic E-state index is 0.00172. The van der Waals surface area contributed by atoms with Crippen LogP contribution in [0.15, 0.2) is 82.8 Å². The molecule has 0 fully saturated rings. The van der Waals surface area contributed by atoms with Gasteiger partial charge in [0, 0.05) is 11.6 Å². The Labute approximate surface area is 191 Å². The fourth-order valence-corrected chi connectivity index (χ4v) is 4.43. The first-order chi connectivity index (χ1) is 15.2. The van der Waals surface area contributed by atoms with Gasteiger partial charge in [0.05, 0.1) is 17.7 Å². The van der Waals surface area contributed by atoms with Crippen molar-refractivity contribution in [2.24, 2.45) is 5.10 Å². The normalized spacial score (nSPS) is 11.8. The standard InChI is InChI=1S/C23H21ClFN3O3S/c1-17-3-2-4-19(13-17)15-28(32(30,31)22-11-7-20(24)8-12-22)16-23(29)27-26-14-18-5-9-21(25)10-6-18/h2-14H,15-16H2,1H3,(H,27,29)/b26-14-. The van der Waals surface area contributed by atoms with Crippen molar-refractivity contribution in [2.75, 3.05) is 6.54 Å². The van der Waals surface area contributed by atoms with Crippen molar-refractivity contribution in [3.63, 3.8) is 0 Å². The first-order valence-electron chi connectivity index (χ1n) is 9.63. The van der Waals surface area contributed by atoms with Crippen LogP contribution in [0.1, 0.15) is 16.7 Å². The van der Waals surface area contributed by atoms with Gasteiger partial charge in [0.1, 0.15) is 5.82 Å². The van der Waals surface area contributed by atoms with E-state index in [9.17, 15) is 17.6 Å². The maximum atomic E-state index is 13.2. The topological polar surface area (TPSA) is 78.8 Å². The Morgan fingerprint density at radius 2 is 1.78 bits per heavy atom. The molecule has 0 saturated carbocycles. The summed E-state index contributed by atoms with van der Waals surface area (Å²) in [4.78, 5) is 12.5. The third kappa shape index (κ3) is 6.46. The van der Waals surface area contributed by atoms with Crippen molar-refractivity contribution in [1.82, 2.24) is 9.73 Å². The van der Waals surface area contributed by atoms with Gasteiger partial charge in [-0.2, -0.15) is 9.41 Å². The molecule has 0 radical (unpaired) electrons. The van der Waals surface area contributed by atoms with Crippen LogP contribution in [0, 0.1) is 12.7 Å². The van der Waals surface area contributed by atoms with Crippen LogP contribution in [0.25, 0.3) is 0 Å². The second kappa shape index (κ2) is 10.5. The number of carbonyl (C=O) groups excluding carboxylic acids is 1. The third-order valence-electron chi connectivity index (χ3n) is 4.49. The molecule has 0 saturated heterocycles. The molecule has 0 spiro atoms. The second-order valence-corrected chi connectivity index (χ2v) is 9.44. The first-order valence-corrected chi connectivity index (χ1v) is 11.4. The number of halogens is 2. The highest BCUT2D eigenvalue weighted by Crippen LogP contribution is 2.21. The summed E-state index contributed by atoms with van der Waals surface area (Å²) in [6.07, 6.45) is 1.34. The summed E-state index contributed by atoms with van der Waals surface area (Å²) in [6, 6.07) is 18.7. The minimum atomic E-state index is -3.99. The van der Waals surface area contributed by atoms with E-state index in [1.165, 1.54) is 54.7 Å². The predicted octanol–water partition coefficient (Wildman–Crippen LogP) is 4.13. The third-order valence-corrected chi connectivity index (χ3v) is 6.54. The average Bonchev–Trinajstić information content (AvgIpc) is 2.75. The summed E-state index contributed by atoms with van der Waals surface area (Å²) < 4.78 is 40.5. The molecular weight excluding hydrogens is 453 g/mol. The molecule has 9 heteroatoms. The van der Waals surface area contributed by atoms with E-state index in [1.807, 2.05) is 25.1 Å². The van der Waals surface area contributed by atoms with E-state index in [0.717, 1.165) is 15.4 Å². The van der Waals surface area contributed by atoms with E-state index in [-0.39, 0.29) is 17.3 Å². The number of nitrogens with zero attached hydrogens (tertiary/aromatic N) is 2. The van der Waals surface area contributed by atoms with E-state index in [1.54, 1.807) is 6.07 Å². The molecular formula is C23H21ClFN3O3S. The molecule has 6 nitrogen and oxygen atoms in total. The zero-order valence-electron chi connectivity index (χ0n) is 17.2. The van der Waals surface area contributed by atoms with E-state index in [2.05, 4.69) is 10.5 Å². The van der Waals surface area contributed by atoms with Gasteiger partial charge in [0.25, 0.3) is 5.91 Å². The molecule has 0 aromatic heterocycles. The summed E-state index contributed by atoms with van der Waals surface area (Å²) in [5.41, 5.74) is 4.61. The number of amides is 1. The number of hydrogen-bond donors (Lipinski definition) is 1. The lowest BCUT2D eigenvalue weighted by atomic mass is 10.1. The molecule has 0 heterocycles. The lowest BCUT2D eigenvalue weighted by Gasteiger charge is -2.21. The number of nitrogens with one attached hydrogen (secondary N) is 1. The Morgan fingerprint density at radius 1 is 1.09 bits per heavy atom. The van der Waals surface area contributed by atoms with Gasteiger partial charge in [-0.25, -0.2) is 18.2 Å². The maximum absolute atomic E-state index is 13.2.